The molecule has 1 aliphatic carbocycles. The molecule has 0 bridgehead atoms. The van der Waals surface area contributed by atoms with Gasteiger partial charge in [0.25, 0.3) is 0 Å². The molecule has 0 unspecified atom stereocenters. The van der Waals surface area contributed by atoms with E-state index in [1.807, 2.05) is 0 Å². The molecule has 2 heterocycles. The zero-order chi connectivity index (χ0) is 40.3. The number of nitrogens with zero attached hydrogens (tertiary/aromatic N) is 3. The standard InChI is InChI=1S/C58H39N3/c1-5-17-39(18-6-1)40-29-31-41(32-30-40)56-49-27-15-16-28-53(49)59-57(60-56)61-54-34-33-47(37-52(54)51-36-43-35-42-19-13-14-26-48(42)50(43)38-55(51)61)58(44-20-7-2-8-21-44,45-22-9-3-10-23-45)46-24-11-4-12-25-46/h1-34,36-38H,35H2. The Morgan fingerprint density at radius 3 is 1.61 bits per heavy atom. The summed E-state index contributed by atoms with van der Waals surface area (Å²) in [5.74, 6) is 0.653. The average Bonchev–Trinajstić information content (AvgIpc) is 3.86. The van der Waals surface area contributed by atoms with Crippen molar-refractivity contribution in [2.24, 2.45) is 0 Å². The Bertz CT molecular complexity index is 3310. The molecule has 0 fully saturated rings. The van der Waals surface area contributed by atoms with Gasteiger partial charge in [-0.05, 0) is 92.4 Å². The lowest BCUT2D eigenvalue weighted by molar-refractivity contribution is 0.746. The van der Waals surface area contributed by atoms with Crippen LogP contribution in [0.2, 0.25) is 0 Å². The third-order valence-electron chi connectivity index (χ3n) is 12.8. The van der Waals surface area contributed by atoms with Crippen molar-refractivity contribution in [2.75, 3.05) is 0 Å². The molecule has 0 aliphatic heterocycles. The minimum absolute atomic E-state index is 0.585. The quantitative estimate of drug-likeness (QED) is 0.151. The van der Waals surface area contributed by atoms with Crippen molar-refractivity contribution in [3.63, 3.8) is 0 Å². The molecule has 3 nitrogen and oxygen atoms in total. The Kier molecular flexibility index (Phi) is 8.14. The van der Waals surface area contributed by atoms with E-state index in [0.717, 1.165) is 39.6 Å². The van der Waals surface area contributed by atoms with Crippen LogP contribution in [0.4, 0.5) is 0 Å². The first kappa shape index (κ1) is 35.1. The van der Waals surface area contributed by atoms with Crippen LogP contribution in [0.5, 0.6) is 0 Å². The van der Waals surface area contributed by atoms with Gasteiger partial charge in [-0.25, -0.2) is 9.97 Å². The van der Waals surface area contributed by atoms with Gasteiger partial charge in [0.2, 0.25) is 5.95 Å². The highest BCUT2D eigenvalue weighted by molar-refractivity contribution is 6.11. The molecule has 3 heteroatoms. The van der Waals surface area contributed by atoms with Crippen LogP contribution in [-0.2, 0) is 11.8 Å². The fourth-order valence-electron chi connectivity index (χ4n) is 10.00. The van der Waals surface area contributed by atoms with Gasteiger partial charge in [0, 0.05) is 21.7 Å². The molecule has 9 aromatic carbocycles. The highest BCUT2D eigenvalue weighted by Crippen LogP contribution is 2.48. The predicted octanol–water partition coefficient (Wildman–Crippen LogP) is 14.0. The monoisotopic (exact) mass is 777 g/mol. The highest BCUT2D eigenvalue weighted by Gasteiger charge is 2.39. The fraction of sp³-hybridized carbons (Fsp3) is 0.0345. The van der Waals surface area contributed by atoms with Gasteiger partial charge in [-0.15, -0.1) is 0 Å². The first-order valence-electron chi connectivity index (χ1n) is 21.0. The Morgan fingerprint density at radius 2 is 0.918 bits per heavy atom. The average molecular weight is 778 g/mol. The normalized spacial score (nSPS) is 12.2. The predicted molar refractivity (Wildman–Crippen MR) is 251 cm³/mol. The largest absolute Gasteiger partial charge is 0.278 e. The fourth-order valence-corrected chi connectivity index (χ4v) is 10.00. The molecular weight excluding hydrogens is 739 g/mol. The molecule has 61 heavy (non-hydrogen) atoms. The smallest absolute Gasteiger partial charge is 0.235 e. The first-order chi connectivity index (χ1) is 30.2. The van der Waals surface area contributed by atoms with Gasteiger partial charge in [-0.3, -0.25) is 4.57 Å². The van der Waals surface area contributed by atoms with Gasteiger partial charge in [-0.2, -0.15) is 0 Å². The first-order valence-corrected chi connectivity index (χ1v) is 21.0. The summed E-state index contributed by atoms with van der Waals surface area (Å²) in [6.45, 7) is 0. The summed E-state index contributed by atoms with van der Waals surface area (Å²) in [7, 11) is 0. The molecule has 12 rings (SSSR count). The Labute approximate surface area is 354 Å². The molecular formula is C58H39N3. The molecule has 0 radical (unpaired) electrons. The SMILES string of the molecule is c1ccc(-c2ccc(-c3nc(-n4c5ccc(C(c6ccccc6)(c6ccccc6)c6ccccc6)cc5c5cc6c(cc54)-c4ccccc4C6)nc4ccccc34)cc2)cc1. The zero-order valence-corrected chi connectivity index (χ0v) is 33.4. The topological polar surface area (TPSA) is 30.7 Å². The molecule has 11 aromatic rings. The molecule has 286 valence electrons. The third-order valence-corrected chi connectivity index (χ3v) is 12.8. The van der Waals surface area contributed by atoms with Crippen LogP contribution in [-0.4, -0.2) is 14.5 Å². The maximum atomic E-state index is 5.52. The van der Waals surface area contributed by atoms with Crippen LogP contribution >= 0.6 is 0 Å². The Morgan fingerprint density at radius 1 is 0.361 bits per heavy atom. The van der Waals surface area contributed by atoms with Crippen molar-refractivity contribution in [1.82, 2.24) is 14.5 Å². The highest BCUT2D eigenvalue weighted by atomic mass is 15.2. The van der Waals surface area contributed by atoms with Gasteiger partial charge < -0.3 is 0 Å². The van der Waals surface area contributed by atoms with E-state index >= 15 is 0 Å². The second kappa shape index (κ2) is 14.1. The van der Waals surface area contributed by atoms with Gasteiger partial charge in [-0.1, -0.05) is 194 Å². The van der Waals surface area contributed by atoms with Crippen molar-refractivity contribution >= 4 is 32.7 Å². The summed E-state index contributed by atoms with van der Waals surface area (Å²) in [4.78, 5) is 10.9. The van der Waals surface area contributed by atoms with E-state index in [1.54, 1.807) is 0 Å². The van der Waals surface area contributed by atoms with E-state index in [2.05, 4.69) is 229 Å². The number of benzene rings is 9. The summed E-state index contributed by atoms with van der Waals surface area (Å²) in [6.07, 6.45) is 0.908. The van der Waals surface area contributed by atoms with Gasteiger partial charge in [0.1, 0.15) is 0 Å². The van der Waals surface area contributed by atoms with E-state index in [4.69, 9.17) is 9.97 Å². The molecule has 0 amide bonds. The summed E-state index contributed by atoms with van der Waals surface area (Å²) < 4.78 is 2.30. The number of hydrogen-bond acceptors (Lipinski definition) is 2. The third kappa shape index (κ3) is 5.58. The Hall–Kier alpha value is -7.88. The summed E-state index contributed by atoms with van der Waals surface area (Å²) >= 11 is 0. The van der Waals surface area contributed by atoms with Crippen molar-refractivity contribution in [3.8, 4) is 39.5 Å². The van der Waals surface area contributed by atoms with Crippen molar-refractivity contribution in [2.45, 2.75) is 11.8 Å². The van der Waals surface area contributed by atoms with Crippen LogP contribution in [0.1, 0.15) is 33.4 Å². The summed E-state index contributed by atoms with van der Waals surface area (Å²) in [5.41, 5.74) is 16.9. The number of hydrogen-bond donors (Lipinski definition) is 0. The van der Waals surface area contributed by atoms with Crippen molar-refractivity contribution < 1.29 is 0 Å². The summed E-state index contributed by atoms with van der Waals surface area (Å²) in [5, 5.41) is 3.39. The lowest BCUT2D eigenvalue weighted by atomic mass is 9.65. The van der Waals surface area contributed by atoms with E-state index in [1.165, 1.54) is 66.4 Å². The van der Waals surface area contributed by atoms with Crippen molar-refractivity contribution in [3.05, 3.63) is 258 Å². The minimum Gasteiger partial charge on any atom is -0.278 e. The second-order valence-electron chi connectivity index (χ2n) is 16.1. The number of para-hydroxylation sites is 1. The van der Waals surface area contributed by atoms with Gasteiger partial charge >= 0.3 is 0 Å². The summed E-state index contributed by atoms with van der Waals surface area (Å²) in [6, 6.07) is 81.3. The second-order valence-corrected chi connectivity index (χ2v) is 16.1. The van der Waals surface area contributed by atoms with Crippen LogP contribution in [0.25, 0.3) is 72.2 Å². The van der Waals surface area contributed by atoms with Gasteiger partial charge in [0.05, 0.1) is 27.7 Å². The molecule has 0 saturated carbocycles. The number of fused-ring (bicyclic) bond motifs is 7. The maximum Gasteiger partial charge on any atom is 0.235 e. The van der Waals surface area contributed by atoms with Crippen LogP contribution in [0, 0.1) is 0 Å². The molecule has 0 saturated heterocycles. The number of rotatable bonds is 7. The molecule has 2 aromatic heterocycles. The van der Waals surface area contributed by atoms with Crippen LogP contribution < -0.4 is 0 Å². The lowest BCUT2D eigenvalue weighted by Gasteiger charge is -2.37. The van der Waals surface area contributed by atoms with E-state index in [9.17, 15) is 0 Å². The molecule has 1 aliphatic rings. The van der Waals surface area contributed by atoms with E-state index in [0.29, 0.717) is 5.95 Å². The van der Waals surface area contributed by atoms with Crippen LogP contribution in [0.3, 0.4) is 0 Å². The molecule has 0 N–H and O–H groups in total. The molecule has 0 atom stereocenters. The minimum atomic E-state index is -0.585. The zero-order valence-electron chi connectivity index (χ0n) is 33.4. The van der Waals surface area contributed by atoms with Crippen LogP contribution in [0.15, 0.2) is 224 Å². The number of aromatic nitrogens is 3. The Balaban J connectivity index is 1.14. The molecule has 0 spiro atoms. The lowest BCUT2D eigenvalue weighted by Crippen LogP contribution is -2.30. The maximum absolute atomic E-state index is 5.52. The van der Waals surface area contributed by atoms with Gasteiger partial charge in [0.15, 0.2) is 0 Å². The van der Waals surface area contributed by atoms with Crippen molar-refractivity contribution in [1.29, 1.82) is 0 Å². The van der Waals surface area contributed by atoms with E-state index in [-0.39, 0.29) is 0 Å². The van der Waals surface area contributed by atoms with E-state index < -0.39 is 5.41 Å².